The maximum Gasteiger partial charge on any atom is 0.407 e. The number of aliphatic imine (C=N–C) groups is 1. The van der Waals surface area contributed by atoms with Gasteiger partial charge in [0, 0.05) is 30.2 Å². The van der Waals surface area contributed by atoms with Crippen molar-refractivity contribution in [2.45, 2.75) is 52.3 Å². The smallest absolute Gasteiger partial charge is 0.407 e. The molecule has 9 nitrogen and oxygen atoms in total. The standard InChI is InChI=1S/C21H29ClN6O3.HI/c1-5-23-19(28-10-9-16(13-28)25-20(29)30-21(2,3)4)24-12-17-26-18(27-31-17)14-7-6-8-15(22)11-14;/h6-8,11,16H,5,9-10,12-13H2,1-4H3,(H,23,24)(H,25,29);1H. The van der Waals surface area contributed by atoms with Gasteiger partial charge in [-0.25, -0.2) is 9.79 Å². The summed E-state index contributed by atoms with van der Waals surface area (Å²) in [4.78, 5) is 23.2. The summed E-state index contributed by atoms with van der Waals surface area (Å²) < 4.78 is 10.7. The van der Waals surface area contributed by atoms with Gasteiger partial charge in [0.1, 0.15) is 12.1 Å². The molecule has 1 amide bonds. The molecule has 1 fully saturated rings. The van der Waals surface area contributed by atoms with Gasteiger partial charge in [-0.2, -0.15) is 4.98 Å². The van der Waals surface area contributed by atoms with E-state index in [-0.39, 0.29) is 36.6 Å². The Labute approximate surface area is 210 Å². The Hall–Kier alpha value is -2.08. The molecule has 3 rings (SSSR count). The van der Waals surface area contributed by atoms with Gasteiger partial charge >= 0.3 is 6.09 Å². The van der Waals surface area contributed by atoms with Crippen molar-refractivity contribution in [3.8, 4) is 11.4 Å². The third kappa shape index (κ3) is 7.80. The number of guanidine groups is 1. The maximum absolute atomic E-state index is 12.0. The number of nitrogens with zero attached hydrogens (tertiary/aromatic N) is 4. The van der Waals surface area contributed by atoms with E-state index < -0.39 is 11.7 Å². The molecule has 1 aromatic carbocycles. The van der Waals surface area contributed by atoms with Gasteiger partial charge in [0.2, 0.25) is 11.7 Å². The van der Waals surface area contributed by atoms with Gasteiger partial charge in [-0.1, -0.05) is 28.9 Å². The second kappa shape index (κ2) is 11.7. The zero-order valence-corrected chi connectivity index (χ0v) is 21.8. The van der Waals surface area contributed by atoms with E-state index in [2.05, 4.69) is 30.7 Å². The highest BCUT2D eigenvalue weighted by molar-refractivity contribution is 14.0. The van der Waals surface area contributed by atoms with Crippen molar-refractivity contribution >= 4 is 47.6 Å². The number of likely N-dealkylation sites (tertiary alicyclic amines) is 1. The molecule has 0 spiro atoms. The van der Waals surface area contributed by atoms with Crippen LogP contribution in [0.15, 0.2) is 33.8 Å². The van der Waals surface area contributed by atoms with Crippen LogP contribution in [0.3, 0.4) is 0 Å². The van der Waals surface area contributed by atoms with Crippen LogP contribution in [0, 0.1) is 0 Å². The van der Waals surface area contributed by atoms with Crippen molar-refractivity contribution in [3.05, 3.63) is 35.2 Å². The lowest BCUT2D eigenvalue weighted by Gasteiger charge is -2.23. The number of carbonyl (C=O) groups excluding carboxylic acids is 1. The highest BCUT2D eigenvalue weighted by atomic mass is 127. The Kier molecular flexibility index (Phi) is 9.56. The second-order valence-corrected chi connectivity index (χ2v) is 8.71. The van der Waals surface area contributed by atoms with E-state index in [9.17, 15) is 4.79 Å². The summed E-state index contributed by atoms with van der Waals surface area (Å²) in [5.41, 5.74) is 0.265. The molecule has 0 radical (unpaired) electrons. The zero-order valence-electron chi connectivity index (χ0n) is 18.7. The third-order valence-corrected chi connectivity index (χ3v) is 4.69. The first kappa shape index (κ1) is 26.2. The summed E-state index contributed by atoms with van der Waals surface area (Å²) in [5, 5.41) is 10.8. The molecule has 176 valence electrons. The number of amides is 1. The van der Waals surface area contributed by atoms with Gasteiger partial charge in [0.25, 0.3) is 0 Å². The summed E-state index contributed by atoms with van der Waals surface area (Å²) in [6, 6.07) is 7.28. The largest absolute Gasteiger partial charge is 0.444 e. The summed E-state index contributed by atoms with van der Waals surface area (Å²) >= 11 is 6.03. The van der Waals surface area contributed by atoms with Crippen LogP contribution in [0.4, 0.5) is 4.79 Å². The van der Waals surface area contributed by atoms with Crippen LogP contribution < -0.4 is 10.6 Å². The predicted molar refractivity (Wildman–Crippen MR) is 134 cm³/mol. The molecule has 2 N–H and O–H groups in total. The lowest BCUT2D eigenvalue weighted by atomic mass is 10.2. The molecule has 0 saturated carbocycles. The maximum atomic E-state index is 12.0. The van der Waals surface area contributed by atoms with Crippen molar-refractivity contribution in [2.24, 2.45) is 4.99 Å². The van der Waals surface area contributed by atoms with Crippen LogP contribution in [0.25, 0.3) is 11.4 Å². The fraction of sp³-hybridized carbons (Fsp3) is 0.524. The number of alkyl carbamates (subject to hydrolysis) is 1. The van der Waals surface area contributed by atoms with E-state index >= 15 is 0 Å². The van der Waals surface area contributed by atoms with E-state index in [1.807, 2.05) is 39.8 Å². The second-order valence-electron chi connectivity index (χ2n) is 8.27. The van der Waals surface area contributed by atoms with E-state index in [1.165, 1.54) is 0 Å². The Morgan fingerprint density at radius 1 is 1.41 bits per heavy atom. The molecular formula is C21H30ClIN6O3. The Bertz CT molecular complexity index is 930. The molecule has 11 heteroatoms. The normalized spacial score (nSPS) is 16.5. The van der Waals surface area contributed by atoms with Gasteiger partial charge < -0.3 is 24.8 Å². The third-order valence-electron chi connectivity index (χ3n) is 4.46. The van der Waals surface area contributed by atoms with Crippen molar-refractivity contribution in [1.82, 2.24) is 25.7 Å². The quantitative estimate of drug-likeness (QED) is 0.314. The van der Waals surface area contributed by atoms with Crippen LogP contribution in [-0.4, -0.2) is 58.4 Å². The number of rotatable bonds is 5. The monoisotopic (exact) mass is 576 g/mol. The molecule has 1 unspecified atom stereocenters. The van der Waals surface area contributed by atoms with E-state index in [1.54, 1.807) is 12.1 Å². The first-order valence-corrected chi connectivity index (χ1v) is 10.7. The molecule has 2 heterocycles. The average Bonchev–Trinajstić information content (AvgIpc) is 3.33. The molecule has 1 aromatic heterocycles. The molecule has 0 bridgehead atoms. The summed E-state index contributed by atoms with van der Waals surface area (Å²) in [7, 11) is 0. The first-order valence-electron chi connectivity index (χ1n) is 10.3. The van der Waals surface area contributed by atoms with Crippen LogP contribution in [0.5, 0.6) is 0 Å². The van der Waals surface area contributed by atoms with Gasteiger partial charge in [-0.3, -0.25) is 0 Å². The minimum atomic E-state index is -0.521. The van der Waals surface area contributed by atoms with Crippen LogP contribution in [0.1, 0.15) is 40.0 Å². The first-order chi connectivity index (χ1) is 14.7. The highest BCUT2D eigenvalue weighted by Gasteiger charge is 2.28. The zero-order chi connectivity index (χ0) is 22.4. The van der Waals surface area contributed by atoms with Crippen molar-refractivity contribution in [3.63, 3.8) is 0 Å². The number of halogens is 2. The van der Waals surface area contributed by atoms with Crippen LogP contribution >= 0.6 is 35.6 Å². The van der Waals surface area contributed by atoms with E-state index in [0.717, 1.165) is 31.0 Å². The van der Waals surface area contributed by atoms with Gasteiger partial charge in [0.05, 0.1) is 6.04 Å². The van der Waals surface area contributed by atoms with E-state index in [0.29, 0.717) is 23.3 Å². The van der Waals surface area contributed by atoms with Gasteiger partial charge in [0.15, 0.2) is 5.96 Å². The van der Waals surface area contributed by atoms with Crippen molar-refractivity contribution in [2.75, 3.05) is 19.6 Å². The predicted octanol–water partition coefficient (Wildman–Crippen LogP) is 4.07. The number of benzene rings is 1. The van der Waals surface area contributed by atoms with Gasteiger partial charge in [-0.05, 0) is 46.2 Å². The summed E-state index contributed by atoms with van der Waals surface area (Å²) in [6.45, 7) is 9.92. The molecule has 32 heavy (non-hydrogen) atoms. The lowest BCUT2D eigenvalue weighted by molar-refractivity contribution is 0.0507. The Morgan fingerprint density at radius 3 is 2.88 bits per heavy atom. The summed E-state index contributed by atoms with van der Waals surface area (Å²) in [6.07, 6.45) is 0.407. The topological polar surface area (TPSA) is 105 Å². The minimum absolute atomic E-state index is 0. The van der Waals surface area contributed by atoms with Crippen molar-refractivity contribution in [1.29, 1.82) is 0 Å². The highest BCUT2D eigenvalue weighted by Crippen LogP contribution is 2.20. The van der Waals surface area contributed by atoms with E-state index in [4.69, 9.17) is 20.9 Å². The number of carbonyl (C=O) groups is 1. The number of hydrogen-bond donors (Lipinski definition) is 2. The molecule has 2 aromatic rings. The van der Waals surface area contributed by atoms with Crippen LogP contribution in [-0.2, 0) is 11.3 Å². The number of hydrogen-bond acceptors (Lipinski definition) is 6. The number of nitrogens with one attached hydrogen (secondary N) is 2. The molecule has 0 aliphatic carbocycles. The summed E-state index contributed by atoms with van der Waals surface area (Å²) in [5.74, 6) is 1.62. The lowest BCUT2D eigenvalue weighted by Crippen LogP contribution is -2.44. The Morgan fingerprint density at radius 2 is 2.19 bits per heavy atom. The molecule has 1 saturated heterocycles. The molecule has 1 atom stereocenters. The van der Waals surface area contributed by atoms with Crippen LogP contribution in [0.2, 0.25) is 5.02 Å². The number of ether oxygens (including phenoxy) is 1. The Balaban J connectivity index is 0.00000363. The minimum Gasteiger partial charge on any atom is -0.444 e. The molecular weight excluding hydrogens is 547 g/mol. The average molecular weight is 577 g/mol. The molecule has 1 aliphatic heterocycles. The fourth-order valence-electron chi connectivity index (χ4n) is 3.18. The van der Waals surface area contributed by atoms with Crippen molar-refractivity contribution < 1.29 is 14.1 Å². The van der Waals surface area contributed by atoms with Gasteiger partial charge in [-0.15, -0.1) is 24.0 Å². The SMILES string of the molecule is CCNC(=NCc1nc(-c2cccc(Cl)c2)no1)N1CCC(NC(=O)OC(C)(C)C)C1.I. The fourth-order valence-corrected chi connectivity index (χ4v) is 3.37. The molecule has 1 aliphatic rings. The number of aromatic nitrogens is 2.